The van der Waals surface area contributed by atoms with E-state index in [9.17, 15) is 19.5 Å². The maximum absolute atomic E-state index is 13.7. The molecule has 0 spiro atoms. The summed E-state index contributed by atoms with van der Waals surface area (Å²) < 4.78 is 1.59. The first-order valence-corrected chi connectivity index (χ1v) is 12.4. The smallest absolute Gasteiger partial charge is 0.248 e. The predicted molar refractivity (Wildman–Crippen MR) is 130 cm³/mol. The van der Waals surface area contributed by atoms with E-state index in [1.165, 1.54) is 4.90 Å². The van der Waals surface area contributed by atoms with Crippen LogP contribution in [0.3, 0.4) is 0 Å². The number of nitrogens with zero attached hydrogens (tertiary/aromatic N) is 5. The van der Waals surface area contributed by atoms with E-state index in [1.54, 1.807) is 29.9 Å². The van der Waals surface area contributed by atoms with E-state index in [0.717, 1.165) is 18.5 Å². The quantitative estimate of drug-likeness (QED) is 0.496. The molecule has 2 aromatic heterocycles. The maximum atomic E-state index is 13.7. The van der Waals surface area contributed by atoms with E-state index in [4.69, 9.17) is 0 Å². The van der Waals surface area contributed by atoms with Crippen molar-refractivity contribution in [3.8, 4) is 0 Å². The second-order valence-electron chi connectivity index (χ2n) is 10.8. The third kappa shape index (κ3) is 5.89. The van der Waals surface area contributed by atoms with Gasteiger partial charge in [-0.3, -0.25) is 19.4 Å². The normalized spacial score (nSPS) is 21.6. The lowest BCUT2D eigenvalue weighted by Crippen LogP contribution is -2.51. The van der Waals surface area contributed by atoms with Crippen LogP contribution in [0.5, 0.6) is 0 Å². The second-order valence-corrected chi connectivity index (χ2v) is 10.8. The molecule has 194 valence electrons. The van der Waals surface area contributed by atoms with E-state index in [-0.39, 0.29) is 37.4 Å². The first kappa shape index (κ1) is 25.7. The molecule has 1 aliphatic heterocycles. The fraction of sp³-hybridized carbons (Fsp3) is 0.600. The molecule has 1 aliphatic carbocycles. The molecular formula is C25H35N7O4. The van der Waals surface area contributed by atoms with Gasteiger partial charge in [-0.2, -0.15) is 0 Å². The van der Waals surface area contributed by atoms with Crippen molar-refractivity contribution in [2.75, 3.05) is 13.1 Å². The zero-order valence-electron chi connectivity index (χ0n) is 21.2. The highest BCUT2D eigenvalue weighted by Crippen LogP contribution is 2.40. The molecule has 11 nitrogen and oxygen atoms in total. The molecule has 4 rings (SSSR count). The van der Waals surface area contributed by atoms with Gasteiger partial charge in [0, 0.05) is 31.3 Å². The summed E-state index contributed by atoms with van der Waals surface area (Å²) in [6.45, 7) is 7.40. The van der Waals surface area contributed by atoms with Gasteiger partial charge in [-0.05, 0) is 37.3 Å². The van der Waals surface area contributed by atoms with Crippen LogP contribution in [-0.2, 0) is 14.4 Å². The summed E-state index contributed by atoms with van der Waals surface area (Å²) in [7, 11) is 0. The predicted octanol–water partition coefficient (Wildman–Crippen LogP) is 1.09. The minimum atomic E-state index is -0.884. The Morgan fingerprint density at radius 2 is 1.97 bits per heavy atom. The Balaban J connectivity index is 1.41. The number of aliphatic hydroxyl groups excluding tert-OH is 1. The number of nitrogens with one attached hydrogen (secondary N) is 2. The Bertz CT molecular complexity index is 1090. The largest absolute Gasteiger partial charge is 0.391 e. The summed E-state index contributed by atoms with van der Waals surface area (Å²) in [5, 5.41) is 24.2. The third-order valence-electron chi connectivity index (χ3n) is 6.64. The number of rotatable bonds is 8. The maximum Gasteiger partial charge on any atom is 0.248 e. The monoisotopic (exact) mass is 497 g/mol. The Morgan fingerprint density at radius 1 is 1.22 bits per heavy atom. The van der Waals surface area contributed by atoms with Crippen LogP contribution < -0.4 is 10.6 Å². The average molecular weight is 498 g/mol. The first-order chi connectivity index (χ1) is 17.0. The molecule has 2 fully saturated rings. The fourth-order valence-corrected chi connectivity index (χ4v) is 4.61. The van der Waals surface area contributed by atoms with Crippen LogP contribution >= 0.6 is 0 Å². The lowest BCUT2D eigenvalue weighted by molar-refractivity contribution is -0.144. The summed E-state index contributed by atoms with van der Waals surface area (Å²) >= 11 is 0. The molecule has 0 bridgehead atoms. The molecule has 3 N–H and O–H groups in total. The molecule has 1 saturated heterocycles. The van der Waals surface area contributed by atoms with Gasteiger partial charge in [-0.1, -0.05) is 32.1 Å². The minimum absolute atomic E-state index is 0.0383. The summed E-state index contributed by atoms with van der Waals surface area (Å²) in [5.74, 6) is -0.765. The molecule has 3 heterocycles. The Labute approximate surface area is 210 Å². The summed E-state index contributed by atoms with van der Waals surface area (Å²) in [6, 6.07) is 3.53. The number of hydrogen-bond acceptors (Lipinski definition) is 7. The van der Waals surface area contributed by atoms with Crippen molar-refractivity contribution in [3.63, 3.8) is 0 Å². The number of pyridine rings is 1. The van der Waals surface area contributed by atoms with Gasteiger partial charge in [-0.25, -0.2) is 4.68 Å². The number of β-amino-alcohol motifs (C(OH)–C–C–N with tert-alkyl or cyclic N) is 1. The average Bonchev–Trinajstić information content (AvgIpc) is 3.44. The van der Waals surface area contributed by atoms with Gasteiger partial charge in [0.05, 0.1) is 30.1 Å². The molecule has 2 aliphatic rings. The van der Waals surface area contributed by atoms with Crippen LogP contribution in [0.15, 0.2) is 30.6 Å². The van der Waals surface area contributed by atoms with Crippen molar-refractivity contribution < 1.29 is 19.5 Å². The van der Waals surface area contributed by atoms with E-state index in [1.807, 2.05) is 33.0 Å². The number of carbonyl (C=O) groups is 3. The molecule has 1 saturated carbocycles. The highest BCUT2D eigenvalue weighted by Gasteiger charge is 2.45. The Kier molecular flexibility index (Phi) is 7.39. The van der Waals surface area contributed by atoms with Gasteiger partial charge in [0.25, 0.3) is 0 Å². The van der Waals surface area contributed by atoms with Gasteiger partial charge in [-0.15, -0.1) is 5.10 Å². The zero-order valence-corrected chi connectivity index (χ0v) is 21.2. The summed E-state index contributed by atoms with van der Waals surface area (Å²) in [6.07, 6.45) is 4.88. The molecule has 36 heavy (non-hydrogen) atoms. The summed E-state index contributed by atoms with van der Waals surface area (Å²) in [4.78, 5) is 44.8. The van der Waals surface area contributed by atoms with E-state index < -0.39 is 29.5 Å². The zero-order chi connectivity index (χ0) is 26.0. The van der Waals surface area contributed by atoms with Gasteiger partial charge in [0.2, 0.25) is 17.7 Å². The van der Waals surface area contributed by atoms with Gasteiger partial charge in [0.15, 0.2) is 0 Å². The van der Waals surface area contributed by atoms with E-state index in [0.29, 0.717) is 11.6 Å². The lowest BCUT2D eigenvalue weighted by atomic mass is 9.85. The molecule has 4 atom stereocenters. The molecular weight excluding hydrogens is 462 g/mol. The molecule has 2 aromatic rings. The van der Waals surface area contributed by atoms with Crippen molar-refractivity contribution in [1.29, 1.82) is 0 Å². The third-order valence-corrected chi connectivity index (χ3v) is 6.64. The number of likely N-dealkylation sites (tertiary alicyclic amines) is 1. The molecule has 0 aromatic carbocycles. The Hall–Kier alpha value is -3.34. The van der Waals surface area contributed by atoms with Crippen molar-refractivity contribution >= 4 is 17.7 Å². The first-order valence-electron chi connectivity index (χ1n) is 12.4. The van der Waals surface area contributed by atoms with E-state index in [2.05, 4.69) is 25.9 Å². The second kappa shape index (κ2) is 10.3. The highest BCUT2D eigenvalue weighted by molar-refractivity contribution is 5.92. The van der Waals surface area contributed by atoms with Crippen LogP contribution in [0.2, 0.25) is 0 Å². The number of aromatic nitrogens is 4. The standard InChI is InChI=1S/C25H35N7O4/c1-15(18-7-5-6-10-26-18)28-21(34)12-27-23(35)20-11-17(33)13-31(20)24(36)22(25(2,3)4)32-14-19(29-30-32)16-8-9-16/h5-7,10,14-17,20,22,33H,8-9,11-13H2,1-4H3,(H,27,35)(H,28,34)/t15?,17?,20?,22-/m1/s1. The van der Waals surface area contributed by atoms with Crippen molar-refractivity contribution in [2.45, 2.75) is 77.1 Å². The van der Waals surface area contributed by atoms with Crippen molar-refractivity contribution in [2.24, 2.45) is 5.41 Å². The van der Waals surface area contributed by atoms with Crippen LogP contribution in [0.25, 0.3) is 0 Å². The number of carbonyl (C=O) groups excluding carboxylic acids is 3. The van der Waals surface area contributed by atoms with E-state index >= 15 is 0 Å². The number of aliphatic hydroxyl groups is 1. The Morgan fingerprint density at radius 3 is 2.61 bits per heavy atom. The molecule has 0 radical (unpaired) electrons. The molecule has 3 unspecified atom stereocenters. The molecule has 3 amide bonds. The van der Waals surface area contributed by atoms with Gasteiger partial charge >= 0.3 is 0 Å². The number of hydrogen-bond donors (Lipinski definition) is 3. The number of amides is 3. The fourth-order valence-electron chi connectivity index (χ4n) is 4.61. The van der Waals surface area contributed by atoms with Crippen molar-refractivity contribution in [1.82, 2.24) is 35.5 Å². The topological polar surface area (TPSA) is 142 Å². The van der Waals surface area contributed by atoms with Crippen LogP contribution in [0.1, 0.15) is 76.3 Å². The summed E-state index contributed by atoms with van der Waals surface area (Å²) in [5.41, 5.74) is 1.07. The lowest BCUT2D eigenvalue weighted by Gasteiger charge is -2.34. The van der Waals surface area contributed by atoms with Crippen LogP contribution in [0, 0.1) is 5.41 Å². The van der Waals surface area contributed by atoms with Crippen LogP contribution in [0.4, 0.5) is 0 Å². The van der Waals surface area contributed by atoms with Crippen molar-refractivity contribution in [3.05, 3.63) is 42.0 Å². The molecule has 11 heteroatoms. The van der Waals surface area contributed by atoms with Gasteiger partial charge < -0.3 is 20.6 Å². The van der Waals surface area contributed by atoms with Crippen LogP contribution in [-0.4, -0.2) is 72.9 Å². The highest BCUT2D eigenvalue weighted by atomic mass is 16.3. The van der Waals surface area contributed by atoms with Gasteiger partial charge in [0.1, 0.15) is 12.1 Å². The SMILES string of the molecule is CC(NC(=O)CNC(=O)C1CC(O)CN1C(=O)[C@@H](n1cc(C2CC2)nn1)C(C)(C)C)c1ccccn1. The minimum Gasteiger partial charge on any atom is -0.391 e.